The molecule has 0 aliphatic rings. The fourth-order valence-electron chi connectivity index (χ4n) is 1.92. The van der Waals surface area contributed by atoms with Gasteiger partial charge < -0.3 is 33.6 Å². The van der Waals surface area contributed by atoms with Crippen LogP contribution in [0.15, 0.2) is 0 Å². The Morgan fingerprint density at radius 1 is 0.556 bits per heavy atom. The molecule has 0 amide bonds. The van der Waals surface area contributed by atoms with Crippen molar-refractivity contribution >= 4 is 8.60 Å². The maximum absolute atomic E-state index is 8.20. The maximum Gasteiger partial charge on any atom is 2.00 e. The van der Waals surface area contributed by atoms with Crippen molar-refractivity contribution in [2.75, 3.05) is 6.61 Å². The van der Waals surface area contributed by atoms with Crippen LogP contribution >= 0.6 is 8.60 Å². The molecular weight excluding hydrogens is 395 g/mol. The average molecular weight is 444 g/mol. The molecule has 4 N–H and O–H groups in total. The minimum absolute atomic E-state index is 0. The fourth-order valence-corrected chi connectivity index (χ4v) is 1.92. The molecule has 0 bridgehead atoms. The number of unbranched alkanes of at least 4 members (excludes halogenated alkanes) is 12. The van der Waals surface area contributed by atoms with Crippen LogP contribution in [-0.2, 0) is 21.7 Å². The van der Waals surface area contributed by atoms with E-state index in [1.807, 2.05) is 0 Å². The first-order valence-corrected chi connectivity index (χ1v) is 11.7. The summed E-state index contributed by atoms with van der Waals surface area (Å²) < 4.78 is 0. The minimum atomic E-state index is -2.62. The molecule has 0 aromatic carbocycles. The molecule has 0 aromatic rings. The van der Waals surface area contributed by atoms with Crippen molar-refractivity contribution in [2.45, 2.75) is 117 Å². The predicted octanol–water partition coefficient (Wildman–Crippen LogP) is 6.72. The minimum Gasteiger partial charge on any atom is -0.396 e. The Labute approximate surface area is 187 Å². The molecule has 0 rings (SSSR count). The SMILES string of the molecule is CCCCCO.OP(O)O.[CH2-]CCCCCCC.[CH2-]CCCCCCC.[Ti+2]. The van der Waals surface area contributed by atoms with Gasteiger partial charge in [-0.2, -0.15) is 12.8 Å². The number of rotatable bonds is 13. The standard InChI is InChI=1S/2C8H17.C5H12O.H3O3P.Ti/c2*1-3-5-7-8-6-4-2;1-2-3-4-5-6;1-4(2)3;/h2*1,3-8H2,2H3;6H,2-5H2,1H3;1-3H;/q2*-1;;;+2. The van der Waals surface area contributed by atoms with Crippen LogP contribution in [0.5, 0.6) is 0 Å². The Morgan fingerprint density at radius 2 is 0.815 bits per heavy atom. The van der Waals surface area contributed by atoms with Crippen molar-refractivity contribution in [1.29, 1.82) is 0 Å². The van der Waals surface area contributed by atoms with Gasteiger partial charge in [0, 0.05) is 6.61 Å². The second kappa shape index (κ2) is 45.6. The van der Waals surface area contributed by atoms with Crippen LogP contribution in [0, 0.1) is 13.8 Å². The van der Waals surface area contributed by atoms with Crippen molar-refractivity contribution in [2.24, 2.45) is 0 Å². The van der Waals surface area contributed by atoms with Gasteiger partial charge in [0.25, 0.3) is 0 Å². The van der Waals surface area contributed by atoms with Crippen LogP contribution in [0.25, 0.3) is 0 Å². The third-order valence-electron chi connectivity index (χ3n) is 3.47. The molecule has 6 heteroatoms. The van der Waals surface area contributed by atoms with Crippen molar-refractivity contribution in [3.63, 3.8) is 0 Å². The van der Waals surface area contributed by atoms with E-state index in [-0.39, 0.29) is 21.7 Å². The molecule has 27 heavy (non-hydrogen) atoms. The summed E-state index contributed by atoms with van der Waals surface area (Å²) >= 11 is 0. The van der Waals surface area contributed by atoms with Gasteiger partial charge in [-0.25, -0.2) is 0 Å². The van der Waals surface area contributed by atoms with E-state index in [9.17, 15) is 0 Å². The molecule has 166 valence electrons. The Bertz CT molecular complexity index is 157. The smallest absolute Gasteiger partial charge is 0.396 e. The average Bonchev–Trinajstić information content (AvgIpc) is 2.61. The van der Waals surface area contributed by atoms with Gasteiger partial charge in [0.05, 0.1) is 0 Å². The first-order chi connectivity index (χ1) is 12.5. The molecule has 0 saturated carbocycles. The summed E-state index contributed by atoms with van der Waals surface area (Å²) in [7, 11) is -2.62. The largest absolute Gasteiger partial charge is 2.00 e. The number of hydrogen-bond donors (Lipinski definition) is 4. The molecule has 0 aliphatic carbocycles. The van der Waals surface area contributed by atoms with Crippen LogP contribution < -0.4 is 0 Å². The van der Waals surface area contributed by atoms with Gasteiger partial charge in [-0.3, -0.25) is 0 Å². The normalized spacial score (nSPS) is 9.11. The van der Waals surface area contributed by atoms with Crippen molar-refractivity contribution in [3.8, 4) is 0 Å². The summed E-state index contributed by atoms with van der Waals surface area (Å²) in [6, 6.07) is 0. The number of hydrogen-bond acceptors (Lipinski definition) is 4. The van der Waals surface area contributed by atoms with E-state index in [0.29, 0.717) is 6.61 Å². The van der Waals surface area contributed by atoms with Gasteiger partial charge in [-0.05, 0) is 6.42 Å². The van der Waals surface area contributed by atoms with E-state index in [1.54, 1.807) is 0 Å². The molecule has 0 radical (unpaired) electrons. The predicted molar refractivity (Wildman–Crippen MR) is 118 cm³/mol. The third kappa shape index (κ3) is 86.1. The Balaban J connectivity index is -0.0000000811. The summed E-state index contributed by atoms with van der Waals surface area (Å²) in [5.41, 5.74) is 0. The summed E-state index contributed by atoms with van der Waals surface area (Å²) in [5.74, 6) is 0. The van der Waals surface area contributed by atoms with Gasteiger partial charge in [-0.1, -0.05) is 97.8 Å². The number of aliphatic hydroxyl groups excluding tert-OH is 1. The summed E-state index contributed by atoms with van der Waals surface area (Å²) in [6.07, 6.45) is 19.3. The van der Waals surface area contributed by atoms with E-state index in [2.05, 4.69) is 34.6 Å². The summed E-state index contributed by atoms with van der Waals surface area (Å²) in [6.45, 7) is 14.5. The molecule has 0 aromatic heterocycles. The van der Waals surface area contributed by atoms with Gasteiger partial charge >= 0.3 is 30.3 Å². The second-order valence-corrected chi connectivity index (χ2v) is 6.77. The molecule has 0 heterocycles. The fraction of sp³-hybridized carbons (Fsp3) is 0.905. The molecule has 0 aliphatic heterocycles. The topological polar surface area (TPSA) is 80.9 Å². The van der Waals surface area contributed by atoms with Crippen LogP contribution in [-0.4, -0.2) is 26.4 Å². The Hall–Kier alpha value is 0.984. The first kappa shape index (κ1) is 38.6. The van der Waals surface area contributed by atoms with Crippen molar-refractivity contribution in [1.82, 2.24) is 0 Å². The van der Waals surface area contributed by atoms with Crippen LogP contribution in [0.3, 0.4) is 0 Å². The van der Waals surface area contributed by atoms with Gasteiger partial charge in [0.2, 0.25) is 0 Å². The van der Waals surface area contributed by atoms with E-state index in [1.165, 1.54) is 70.6 Å². The van der Waals surface area contributed by atoms with E-state index >= 15 is 0 Å². The summed E-state index contributed by atoms with van der Waals surface area (Å²) in [5, 5.41) is 8.20. The molecule has 0 spiro atoms. The molecule has 0 fully saturated rings. The molecule has 0 unspecified atom stereocenters. The van der Waals surface area contributed by atoms with Gasteiger partial charge in [0.1, 0.15) is 0 Å². The second-order valence-electron chi connectivity index (χ2n) is 6.23. The van der Waals surface area contributed by atoms with E-state index in [0.717, 1.165) is 25.7 Å². The quantitative estimate of drug-likeness (QED) is 0.110. The first-order valence-electron chi connectivity index (χ1n) is 10.5. The zero-order chi connectivity index (χ0) is 20.9. The number of aliphatic hydroxyl groups is 1. The van der Waals surface area contributed by atoms with Crippen molar-refractivity contribution < 1.29 is 41.5 Å². The molecular formula is C21H49O4PTi. The van der Waals surface area contributed by atoms with Crippen LogP contribution in [0.2, 0.25) is 0 Å². The molecule has 4 nitrogen and oxygen atoms in total. The summed E-state index contributed by atoms with van der Waals surface area (Å²) in [4.78, 5) is 21.7. The van der Waals surface area contributed by atoms with Crippen LogP contribution in [0.1, 0.15) is 117 Å². The van der Waals surface area contributed by atoms with E-state index in [4.69, 9.17) is 19.8 Å². The monoisotopic (exact) mass is 444 g/mol. The van der Waals surface area contributed by atoms with Crippen LogP contribution in [0.4, 0.5) is 0 Å². The molecule has 0 saturated heterocycles. The van der Waals surface area contributed by atoms with E-state index < -0.39 is 8.60 Å². The van der Waals surface area contributed by atoms with Gasteiger partial charge in [-0.15, -0.1) is 0 Å². The maximum atomic E-state index is 8.20. The zero-order valence-electron chi connectivity index (χ0n) is 18.5. The Kier molecular flexibility index (Phi) is 65.2. The zero-order valence-corrected chi connectivity index (χ0v) is 20.9. The Morgan fingerprint density at radius 3 is 1.00 bits per heavy atom. The third-order valence-corrected chi connectivity index (χ3v) is 3.47. The van der Waals surface area contributed by atoms with Gasteiger partial charge in [0.15, 0.2) is 0 Å². The molecule has 0 atom stereocenters. The van der Waals surface area contributed by atoms with Crippen molar-refractivity contribution in [3.05, 3.63) is 13.8 Å².